The average molecular weight is 201 g/mol. The van der Waals surface area contributed by atoms with Crippen LogP contribution >= 0.6 is 11.6 Å². The van der Waals surface area contributed by atoms with Gasteiger partial charge in [-0.25, -0.2) is 4.98 Å². The number of hydrogen-bond donors (Lipinski definition) is 1. The SMILES string of the molecule is COC(C)CNc1cccnc1Cl. The van der Waals surface area contributed by atoms with E-state index in [1.165, 1.54) is 0 Å². The molecule has 0 spiro atoms. The normalized spacial score (nSPS) is 12.5. The van der Waals surface area contributed by atoms with Crippen LogP contribution in [0.5, 0.6) is 0 Å². The van der Waals surface area contributed by atoms with Crippen molar-refractivity contribution < 1.29 is 4.74 Å². The van der Waals surface area contributed by atoms with Crippen molar-refractivity contribution in [1.29, 1.82) is 0 Å². The number of methoxy groups -OCH3 is 1. The molecular weight excluding hydrogens is 188 g/mol. The number of halogens is 1. The van der Waals surface area contributed by atoms with Crippen molar-refractivity contribution in [3.63, 3.8) is 0 Å². The van der Waals surface area contributed by atoms with Crippen molar-refractivity contribution in [2.75, 3.05) is 19.0 Å². The molecule has 0 bridgehead atoms. The van der Waals surface area contributed by atoms with Crippen LogP contribution in [-0.2, 0) is 4.74 Å². The van der Waals surface area contributed by atoms with E-state index in [1.807, 2.05) is 19.1 Å². The zero-order chi connectivity index (χ0) is 9.68. The summed E-state index contributed by atoms with van der Waals surface area (Å²) in [5.41, 5.74) is 0.841. The molecule has 0 radical (unpaired) electrons. The second-order valence-electron chi connectivity index (χ2n) is 2.77. The molecular formula is C9H13ClN2O. The first kappa shape index (κ1) is 10.3. The predicted molar refractivity (Wildman–Crippen MR) is 54.2 cm³/mol. The Bertz CT molecular complexity index is 268. The quantitative estimate of drug-likeness (QED) is 0.757. The van der Waals surface area contributed by atoms with Gasteiger partial charge in [0.15, 0.2) is 5.15 Å². The van der Waals surface area contributed by atoms with Crippen LogP contribution in [0, 0.1) is 0 Å². The monoisotopic (exact) mass is 200 g/mol. The zero-order valence-corrected chi connectivity index (χ0v) is 8.51. The molecule has 13 heavy (non-hydrogen) atoms. The van der Waals surface area contributed by atoms with Gasteiger partial charge < -0.3 is 10.1 Å². The highest BCUT2D eigenvalue weighted by Crippen LogP contribution is 2.17. The molecule has 4 heteroatoms. The van der Waals surface area contributed by atoms with E-state index in [9.17, 15) is 0 Å². The molecule has 0 fully saturated rings. The molecule has 0 aromatic carbocycles. The summed E-state index contributed by atoms with van der Waals surface area (Å²) >= 11 is 5.84. The molecule has 1 heterocycles. The van der Waals surface area contributed by atoms with E-state index in [0.717, 1.165) is 12.2 Å². The van der Waals surface area contributed by atoms with Crippen LogP contribution in [0.3, 0.4) is 0 Å². The Hall–Kier alpha value is -0.800. The molecule has 0 aliphatic rings. The lowest BCUT2D eigenvalue weighted by Crippen LogP contribution is -2.18. The Balaban J connectivity index is 2.50. The number of hydrogen-bond acceptors (Lipinski definition) is 3. The molecule has 1 unspecified atom stereocenters. The molecule has 72 valence electrons. The van der Waals surface area contributed by atoms with Gasteiger partial charge in [0.2, 0.25) is 0 Å². The van der Waals surface area contributed by atoms with Crippen LogP contribution in [-0.4, -0.2) is 24.7 Å². The van der Waals surface area contributed by atoms with Crippen molar-refractivity contribution in [2.45, 2.75) is 13.0 Å². The minimum atomic E-state index is 0.163. The van der Waals surface area contributed by atoms with E-state index in [2.05, 4.69) is 10.3 Å². The van der Waals surface area contributed by atoms with E-state index in [-0.39, 0.29) is 6.10 Å². The zero-order valence-electron chi connectivity index (χ0n) is 7.75. The fraction of sp³-hybridized carbons (Fsp3) is 0.444. The number of anilines is 1. The van der Waals surface area contributed by atoms with Crippen LogP contribution in [0.1, 0.15) is 6.92 Å². The summed E-state index contributed by atoms with van der Waals surface area (Å²) in [6.07, 6.45) is 1.82. The number of nitrogens with one attached hydrogen (secondary N) is 1. The molecule has 0 saturated carbocycles. The van der Waals surface area contributed by atoms with Gasteiger partial charge in [0.25, 0.3) is 0 Å². The summed E-state index contributed by atoms with van der Waals surface area (Å²) in [7, 11) is 1.68. The molecule has 1 aromatic heterocycles. The molecule has 0 amide bonds. The third-order valence-electron chi connectivity index (χ3n) is 1.74. The van der Waals surface area contributed by atoms with Crippen molar-refractivity contribution >= 4 is 17.3 Å². The summed E-state index contributed by atoms with van der Waals surface area (Å²) in [6.45, 7) is 2.71. The van der Waals surface area contributed by atoms with E-state index in [4.69, 9.17) is 16.3 Å². The number of rotatable bonds is 4. The smallest absolute Gasteiger partial charge is 0.152 e. The van der Waals surface area contributed by atoms with Crippen LogP contribution in [0.15, 0.2) is 18.3 Å². The molecule has 1 rings (SSSR count). The van der Waals surface area contributed by atoms with Crippen LogP contribution < -0.4 is 5.32 Å². The second kappa shape index (κ2) is 5.04. The minimum absolute atomic E-state index is 0.163. The van der Waals surface area contributed by atoms with Gasteiger partial charge >= 0.3 is 0 Å². The Morgan fingerprint density at radius 3 is 3.08 bits per heavy atom. The Morgan fingerprint density at radius 2 is 2.46 bits per heavy atom. The Labute approximate surface area is 83.1 Å². The molecule has 1 aromatic rings. The Morgan fingerprint density at radius 1 is 1.69 bits per heavy atom. The van der Waals surface area contributed by atoms with E-state index < -0.39 is 0 Å². The predicted octanol–water partition coefficient (Wildman–Crippen LogP) is 2.18. The number of ether oxygens (including phenoxy) is 1. The highest BCUT2D eigenvalue weighted by molar-refractivity contribution is 6.31. The first-order valence-electron chi connectivity index (χ1n) is 4.11. The van der Waals surface area contributed by atoms with Gasteiger partial charge in [0.1, 0.15) is 0 Å². The maximum absolute atomic E-state index is 5.84. The number of aromatic nitrogens is 1. The molecule has 1 atom stereocenters. The van der Waals surface area contributed by atoms with Crippen LogP contribution in [0.25, 0.3) is 0 Å². The van der Waals surface area contributed by atoms with Gasteiger partial charge in [0.05, 0.1) is 11.8 Å². The minimum Gasteiger partial charge on any atom is -0.380 e. The standard InChI is InChI=1S/C9H13ClN2O/c1-7(13-2)6-12-8-4-3-5-11-9(8)10/h3-5,7,12H,6H2,1-2H3. The van der Waals surface area contributed by atoms with Gasteiger partial charge in [-0.15, -0.1) is 0 Å². The van der Waals surface area contributed by atoms with Gasteiger partial charge in [0, 0.05) is 19.9 Å². The fourth-order valence-corrected chi connectivity index (χ4v) is 1.04. The maximum Gasteiger partial charge on any atom is 0.152 e. The summed E-state index contributed by atoms with van der Waals surface area (Å²) in [5.74, 6) is 0. The molecule has 0 saturated heterocycles. The second-order valence-corrected chi connectivity index (χ2v) is 3.13. The van der Waals surface area contributed by atoms with Crippen molar-refractivity contribution in [3.05, 3.63) is 23.5 Å². The fourth-order valence-electron chi connectivity index (χ4n) is 0.855. The first-order valence-corrected chi connectivity index (χ1v) is 4.49. The van der Waals surface area contributed by atoms with Crippen LogP contribution in [0.4, 0.5) is 5.69 Å². The van der Waals surface area contributed by atoms with Gasteiger partial charge in [-0.2, -0.15) is 0 Å². The van der Waals surface area contributed by atoms with E-state index in [0.29, 0.717) is 5.15 Å². The summed E-state index contributed by atoms with van der Waals surface area (Å²) in [5, 5.41) is 3.64. The topological polar surface area (TPSA) is 34.1 Å². The van der Waals surface area contributed by atoms with Gasteiger partial charge in [-0.1, -0.05) is 11.6 Å². The van der Waals surface area contributed by atoms with Crippen molar-refractivity contribution in [1.82, 2.24) is 4.98 Å². The highest BCUT2D eigenvalue weighted by atomic mass is 35.5. The number of pyridine rings is 1. The summed E-state index contributed by atoms with van der Waals surface area (Å²) in [4.78, 5) is 3.95. The maximum atomic E-state index is 5.84. The molecule has 0 aliphatic heterocycles. The lowest BCUT2D eigenvalue weighted by atomic mass is 10.3. The number of nitrogens with zero attached hydrogens (tertiary/aromatic N) is 1. The van der Waals surface area contributed by atoms with E-state index >= 15 is 0 Å². The average Bonchev–Trinajstić information content (AvgIpc) is 2.16. The largest absolute Gasteiger partial charge is 0.380 e. The van der Waals surface area contributed by atoms with Gasteiger partial charge in [-0.3, -0.25) is 0 Å². The van der Waals surface area contributed by atoms with Crippen molar-refractivity contribution in [2.24, 2.45) is 0 Å². The van der Waals surface area contributed by atoms with Crippen LogP contribution in [0.2, 0.25) is 5.15 Å². The van der Waals surface area contributed by atoms with E-state index in [1.54, 1.807) is 13.3 Å². The van der Waals surface area contributed by atoms with Crippen molar-refractivity contribution in [3.8, 4) is 0 Å². The Kier molecular flexibility index (Phi) is 3.99. The lowest BCUT2D eigenvalue weighted by Gasteiger charge is -2.11. The first-order chi connectivity index (χ1) is 6.24. The lowest BCUT2D eigenvalue weighted by molar-refractivity contribution is 0.129. The highest BCUT2D eigenvalue weighted by Gasteiger charge is 2.01. The molecule has 3 nitrogen and oxygen atoms in total. The molecule has 0 aliphatic carbocycles. The summed E-state index contributed by atoms with van der Waals surface area (Å²) < 4.78 is 5.09. The molecule has 1 N–H and O–H groups in total. The summed E-state index contributed by atoms with van der Waals surface area (Å²) in [6, 6.07) is 3.73. The third-order valence-corrected chi connectivity index (χ3v) is 2.04. The van der Waals surface area contributed by atoms with Gasteiger partial charge in [-0.05, 0) is 19.1 Å². The third kappa shape index (κ3) is 3.20.